The lowest BCUT2D eigenvalue weighted by Crippen LogP contribution is -2.27. The zero-order valence-electron chi connectivity index (χ0n) is 14.2. The van der Waals surface area contributed by atoms with Gasteiger partial charge >= 0.3 is 0 Å². The molecule has 2 aliphatic heterocycles. The number of carbonyl (C=O) groups is 1. The predicted molar refractivity (Wildman–Crippen MR) is 110 cm³/mol. The molecule has 1 fully saturated rings. The largest absolute Gasteiger partial charge is 0.480 e. The van der Waals surface area contributed by atoms with Gasteiger partial charge < -0.3 is 4.74 Å². The van der Waals surface area contributed by atoms with Gasteiger partial charge in [0.1, 0.15) is 16.2 Å². The number of carbonyl (C=O) groups excluding carboxylic acids is 1. The Balaban J connectivity index is 1.78. The van der Waals surface area contributed by atoms with Crippen LogP contribution in [0.4, 0.5) is 0 Å². The minimum Gasteiger partial charge on any atom is -0.480 e. The molecule has 130 valence electrons. The van der Waals surface area contributed by atoms with Gasteiger partial charge in [0.2, 0.25) is 0 Å². The van der Waals surface area contributed by atoms with Gasteiger partial charge in [0, 0.05) is 12.1 Å². The summed E-state index contributed by atoms with van der Waals surface area (Å²) >= 11 is 6.67. The van der Waals surface area contributed by atoms with E-state index in [0.717, 1.165) is 22.4 Å². The quantitative estimate of drug-likeness (QED) is 0.556. The van der Waals surface area contributed by atoms with E-state index >= 15 is 0 Å². The van der Waals surface area contributed by atoms with Gasteiger partial charge in [-0.25, -0.2) is 0 Å². The first kappa shape index (κ1) is 17.1. The fourth-order valence-corrected chi connectivity index (χ4v) is 4.47. The number of rotatable bonds is 3. The smallest absolute Gasteiger partial charge is 0.266 e. The van der Waals surface area contributed by atoms with Gasteiger partial charge in [-0.3, -0.25) is 9.69 Å². The number of para-hydroxylation sites is 1. The highest BCUT2D eigenvalue weighted by Gasteiger charge is 2.32. The Morgan fingerprint density at radius 2 is 1.88 bits per heavy atom. The number of amides is 1. The minimum absolute atomic E-state index is 0.0333. The molecule has 1 saturated heterocycles. The highest BCUT2D eigenvalue weighted by molar-refractivity contribution is 8.26. The lowest BCUT2D eigenvalue weighted by molar-refractivity contribution is -0.122. The van der Waals surface area contributed by atoms with Crippen LogP contribution in [0.25, 0.3) is 6.08 Å². The first-order valence-corrected chi connectivity index (χ1v) is 9.67. The van der Waals surface area contributed by atoms with Crippen LogP contribution < -0.4 is 4.74 Å². The SMILES string of the molecule is CCN1C(=O)/C(=C/C2=Cc3ccccc3OC2c2ccccc2)SC1=S. The van der Waals surface area contributed by atoms with Crippen molar-refractivity contribution >= 4 is 40.3 Å². The summed E-state index contributed by atoms with van der Waals surface area (Å²) in [5.41, 5.74) is 3.01. The maximum absolute atomic E-state index is 12.6. The van der Waals surface area contributed by atoms with E-state index in [4.69, 9.17) is 17.0 Å². The second-order valence-electron chi connectivity index (χ2n) is 6.02. The van der Waals surface area contributed by atoms with Crippen molar-refractivity contribution in [2.24, 2.45) is 0 Å². The van der Waals surface area contributed by atoms with E-state index in [1.54, 1.807) is 4.90 Å². The van der Waals surface area contributed by atoms with Crippen LogP contribution in [-0.2, 0) is 4.79 Å². The molecule has 2 aromatic rings. The molecular formula is C21H17NO2S2. The van der Waals surface area contributed by atoms with Crippen LogP contribution in [0.5, 0.6) is 5.75 Å². The second kappa shape index (κ2) is 7.09. The molecule has 3 nitrogen and oxygen atoms in total. The van der Waals surface area contributed by atoms with Crippen molar-refractivity contribution in [1.29, 1.82) is 0 Å². The van der Waals surface area contributed by atoms with E-state index in [1.165, 1.54) is 11.8 Å². The topological polar surface area (TPSA) is 29.5 Å². The number of fused-ring (bicyclic) bond motifs is 1. The van der Waals surface area contributed by atoms with Gasteiger partial charge in [0.05, 0.1) is 4.91 Å². The number of benzene rings is 2. The van der Waals surface area contributed by atoms with Gasteiger partial charge in [0.25, 0.3) is 5.91 Å². The first-order chi connectivity index (χ1) is 12.7. The number of hydrogen-bond donors (Lipinski definition) is 0. The van der Waals surface area contributed by atoms with Crippen LogP contribution in [0.15, 0.2) is 71.2 Å². The van der Waals surface area contributed by atoms with Crippen molar-refractivity contribution < 1.29 is 9.53 Å². The maximum atomic E-state index is 12.6. The van der Waals surface area contributed by atoms with Crippen LogP contribution in [0.3, 0.4) is 0 Å². The number of hydrogen-bond acceptors (Lipinski definition) is 4. The Hall–Kier alpha value is -2.37. The van der Waals surface area contributed by atoms with E-state index in [-0.39, 0.29) is 12.0 Å². The Kier molecular flexibility index (Phi) is 4.66. The fraction of sp³-hybridized carbons (Fsp3) is 0.143. The molecule has 4 rings (SSSR count). The molecule has 0 spiro atoms. The van der Waals surface area contributed by atoms with Crippen molar-refractivity contribution in [3.05, 3.63) is 82.3 Å². The van der Waals surface area contributed by atoms with Crippen molar-refractivity contribution in [3.8, 4) is 5.75 Å². The highest BCUT2D eigenvalue weighted by Crippen LogP contribution is 2.40. The van der Waals surface area contributed by atoms with E-state index in [1.807, 2.05) is 67.6 Å². The molecule has 2 aromatic carbocycles. The van der Waals surface area contributed by atoms with Gasteiger partial charge in [0.15, 0.2) is 0 Å². The molecule has 0 saturated carbocycles. The van der Waals surface area contributed by atoms with Crippen LogP contribution in [-0.4, -0.2) is 21.7 Å². The number of nitrogens with zero attached hydrogens (tertiary/aromatic N) is 1. The number of ether oxygens (including phenoxy) is 1. The molecule has 0 radical (unpaired) electrons. The van der Waals surface area contributed by atoms with Crippen molar-refractivity contribution in [2.45, 2.75) is 13.0 Å². The Labute approximate surface area is 162 Å². The Morgan fingerprint density at radius 1 is 1.15 bits per heavy atom. The average Bonchev–Trinajstić information content (AvgIpc) is 2.94. The van der Waals surface area contributed by atoms with Crippen LogP contribution in [0.2, 0.25) is 0 Å². The van der Waals surface area contributed by atoms with E-state index in [0.29, 0.717) is 15.8 Å². The second-order valence-corrected chi connectivity index (χ2v) is 7.69. The molecule has 0 aliphatic carbocycles. The normalized spacial score (nSPS) is 20.8. The summed E-state index contributed by atoms with van der Waals surface area (Å²) < 4.78 is 6.89. The molecule has 0 bridgehead atoms. The minimum atomic E-state index is -0.253. The summed E-state index contributed by atoms with van der Waals surface area (Å²) in [6.07, 6.45) is 3.76. The number of thioether (sulfide) groups is 1. The summed E-state index contributed by atoms with van der Waals surface area (Å²) in [7, 11) is 0. The Bertz CT molecular complexity index is 934. The molecule has 0 aromatic heterocycles. The molecule has 5 heteroatoms. The van der Waals surface area contributed by atoms with E-state index in [9.17, 15) is 4.79 Å². The lowest BCUT2D eigenvalue weighted by Gasteiger charge is -2.26. The predicted octanol–water partition coefficient (Wildman–Crippen LogP) is 4.97. The van der Waals surface area contributed by atoms with E-state index in [2.05, 4.69) is 6.08 Å². The van der Waals surface area contributed by atoms with Gasteiger partial charge in [-0.1, -0.05) is 72.5 Å². The van der Waals surface area contributed by atoms with E-state index < -0.39 is 0 Å². The third-order valence-electron chi connectivity index (χ3n) is 4.38. The highest BCUT2D eigenvalue weighted by atomic mass is 32.2. The molecular weight excluding hydrogens is 362 g/mol. The molecule has 1 unspecified atom stereocenters. The number of likely N-dealkylation sites (N-methyl/N-ethyl adjacent to an activating group) is 1. The van der Waals surface area contributed by atoms with Crippen molar-refractivity contribution in [1.82, 2.24) is 4.90 Å². The van der Waals surface area contributed by atoms with Crippen LogP contribution in [0, 0.1) is 0 Å². The lowest BCUT2D eigenvalue weighted by atomic mass is 9.95. The zero-order chi connectivity index (χ0) is 18.1. The van der Waals surface area contributed by atoms with Crippen LogP contribution in [0.1, 0.15) is 24.2 Å². The molecule has 2 aliphatic rings. The third kappa shape index (κ3) is 3.08. The third-order valence-corrected chi connectivity index (χ3v) is 5.76. The fourth-order valence-electron chi connectivity index (χ4n) is 3.09. The summed E-state index contributed by atoms with van der Waals surface area (Å²) in [6.45, 7) is 2.52. The molecule has 26 heavy (non-hydrogen) atoms. The Morgan fingerprint density at radius 3 is 2.62 bits per heavy atom. The summed E-state index contributed by atoms with van der Waals surface area (Å²) in [5.74, 6) is 0.814. The van der Waals surface area contributed by atoms with Gasteiger partial charge in [-0.2, -0.15) is 0 Å². The van der Waals surface area contributed by atoms with Gasteiger partial charge in [-0.15, -0.1) is 0 Å². The zero-order valence-corrected chi connectivity index (χ0v) is 15.8. The maximum Gasteiger partial charge on any atom is 0.266 e. The molecule has 1 amide bonds. The molecule has 2 heterocycles. The summed E-state index contributed by atoms with van der Waals surface area (Å²) in [6, 6.07) is 18.0. The van der Waals surface area contributed by atoms with Crippen molar-refractivity contribution in [2.75, 3.05) is 6.54 Å². The monoisotopic (exact) mass is 379 g/mol. The standard InChI is InChI=1S/C21H17NO2S2/c1-2-22-20(23)18(26-21(22)25)13-16-12-15-10-6-7-11-17(15)24-19(16)14-8-4-3-5-9-14/h3-13,19H,2H2,1H3/b18-13-. The summed E-state index contributed by atoms with van der Waals surface area (Å²) in [5, 5.41) is 0. The van der Waals surface area contributed by atoms with Crippen molar-refractivity contribution in [3.63, 3.8) is 0 Å². The number of thiocarbonyl (C=S) groups is 1. The first-order valence-electron chi connectivity index (χ1n) is 8.45. The van der Waals surface area contributed by atoms with Crippen LogP contribution >= 0.6 is 24.0 Å². The summed E-state index contributed by atoms with van der Waals surface area (Å²) in [4.78, 5) is 14.9. The average molecular weight is 380 g/mol. The molecule has 0 N–H and O–H groups in total. The van der Waals surface area contributed by atoms with Gasteiger partial charge in [-0.05, 0) is 36.3 Å². The molecule has 1 atom stereocenters.